The third-order valence-electron chi connectivity index (χ3n) is 0.167. The van der Waals surface area contributed by atoms with Gasteiger partial charge in [0.1, 0.15) is 0 Å². The van der Waals surface area contributed by atoms with Crippen molar-refractivity contribution in [3.63, 3.8) is 0 Å². The Morgan fingerprint density at radius 2 is 1.22 bits per heavy atom. The normalized spacial score (nSPS) is 5.78. The van der Waals surface area contributed by atoms with Gasteiger partial charge in [-0.3, -0.25) is 0 Å². The van der Waals surface area contributed by atoms with Crippen molar-refractivity contribution in [2.45, 2.75) is 0 Å². The number of carboxylic acid groups (broad SMARTS) is 2. The molecular weight excluding hydrogens is 118 g/mol. The monoisotopic (exact) mass is 118 g/mol. The summed E-state index contributed by atoms with van der Waals surface area (Å²) < 4.78 is 2.86. The molecule has 0 amide bonds. The first-order valence-electron chi connectivity index (χ1n) is 1.22. The van der Waals surface area contributed by atoms with Crippen molar-refractivity contribution < 1.29 is 62.3 Å². The fourth-order valence-corrected chi connectivity index (χ4v) is 0.0680. The van der Waals surface area contributed by atoms with E-state index in [1.54, 1.807) is 0 Å². The molecule has 0 aliphatic heterocycles. The molecule has 40 valence electrons. The van der Waals surface area contributed by atoms with Crippen LogP contribution in [0.25, 0.3) is 0 Å². The van der Waals surface area contributed by atoms with Crippen molar-refractivity contribution >= 4 is 12.3 Å². The van der Waals surface area contributed by atoms with E-state index in [1.165, 1.54) is 0 Å². The minimum Gasteiger partial charge on any atom is -0.483 e. The topological polar surface area (TPSA) is 89.5 Å². The summed E-state index contributed by atoms with van der Waals surface area (Å²) in [5.41, 5.74) is 0. The van der Waals surface area contributed by atoms with Gasteiger partial charge in [0.2, 0.25) is 0 Å². The molecule has 5 nitrogen and oxygen atoms in total. The van der Waals surface area contributed by atoms with Gasteiger partial charge in [-0.25, -0.2) is 0 Å². The fraction of sp³-hybridized carbons (Fsp3) is 0. The zero-order valence-electron chi connectivity index (χ0n) is 5.04. The summed E-state index contributed by atoms with van der Waals surface area (Å²) in [6.07, 6.45) is -4.25. The number of ether oxygens (including phenoxy) is 1. The fourth-order valence-electron chi connectivity index (χ4n) is 0.0680. The van der Waals surface area contributed by atoms with Crippen LogP contribution in [0.15, 0.2) is 0 Å². The molecule has 9 heavy (non-hydrogen) atoms. The van der Waals surface area contributed by atoms with E-state index >= 15 is 0 Å². The maximum Gasteiger partial charge on any atom is 1.00 e. The zero-order valence-corrected chi connectivity index (χ0v) is 5.04. The molecule has 0 spiro atoms. The number of hydrogen-bond donors (Lipinski definition) is 0. The molecule has 7 heteroatoms. The smallest absolute Gasteiger partial charge is 0.483 e. The van der Waals surface area contributed by atoms with E-state index in [4.69, 9.17) is 19.8 Å². The Kier molecular flexibility index (Phi) is 14.1. The van der Waals surface area contributed by atoms with Crippen LogP contribution in [0.3, 0.4) is 0 Å². The average molecular weight is 118 g/mol. The van der Waals surface area contributed by atoms with E-state index in [2.05, 4.69) is 4.74 Å². The molecule has 0 unspecified atom stereocenters. The van der Waals surface area contributed by atoms with Gasteiger partial charge in [0, 0.05) is 0 Å². The van der Waals surface area contributed by atoms with Gasteiger partial charge in [0.25, 0.3) is 12.3 Å². The van der Waals surface area contributed by atoms with Gasteiger partial charge in [-0.15, -0.1) is 0 Å². The Labute approximate surface area is 74.7 Å². The van der Waals surface area contributed by atoms with E-state index in [-0.39, 0.29) is 37.7 Å². The van der Waals surface area contributed by atoms with Crippen LogP contribution in [0.5, 0.6) is 0 Å². The van der Waals surface area contributed by atoms with Crippen molar-refractivity contribution in [1.29, 1.82) is 0 Å². The third-order valence-corrected chi connectivity index (χ3v) is 0.167. The third kappa shape index (κ3) is 18.1. The molecular formula is C2Li2O5. The maximum absolute atomic E-state index is 9.06. The Morgan fingerprint density at radius 1 is 1.00 bits per heavy atom. The Hall–Kier alpha value is -0.0652. The molecule has 0 aliphatic rings. The average Bonchev–Trinajstić information content (AvgIpc) is 1.27. The molecule has 0 aromatic carbocycles. The predicted molar refractivity (Wildman–Crippen MR) is 11.9 cm³/mol. The van der Waals surface area contributed by atoms with Crippen LogP contribution < -0.4 is 47.9 Å². The molecule has 0 atom stereocenters. The minimum absolute atomic E-state index is 0. The maximum atomic E-state index is 9.06. The minimum atomic E-state index is -2.12. The summed E-state index contributed by atoms with van der Waals surface area (Å²) in [6.45, 7) is 0. The van der Waals surface area contributed by atoms with Crippen LogP contribution in [-0.2, 0) is 4.74 Å². The SMILES string of the molecule is O=C([O-])OC(=O)[O-].[Li+].[Li+]. The van der Waals surface area contributed by atoms with E-state index in [1.807, 2.05) is 0 Å². The first-order chi connectivity index (χ1) is 3.13. The van der Waals surface area contributed by atoms with Gasteiger partial charge in [0.05, 0.1) is 0 Å². The van der Waals surface area contributed by atoms with Crippen LogP contribution in [0.1, 0.15) is 0 Å². The van der Waals surface area contributed by atoms with E-state index in [0.29, 0.717) is 0 Å². The van der Waals surface area contributed by atoms with Gasteiger partial charge >= 0.3 is 37.7 Å². The number of rotatable bonds is 0. The second-order valence-corrected chi connectivity index (χ2v) is 0.602. The van der Waals surface area contributed by atoms with Crippen LogP contribution in [0, 0.1) is 0 Å². The first-order valence-corrected chi connectivity index (χ1v) is 1.22. The van der Waals surface area contributed by atoms with Gasteiger partial charge in [-0.2, -0.15) is 0 Å². The molecule has 0 heterocycles. The molecule has 0 aromatic heterocycles. The second kappa shape index (κ2) is 7.93. The number of carbonyl (C=O) groups is 2. The molecule has 0 saturated carbocycles. The molecule has 0 saturated heterocycles. The van der Waals surface area contributed by atoms with Crippen molar-refractivity contribution in [3.05, 3.63) is 0 Å². The molecule has 0 fully saturated rings. The second-order valence-electron chi connectivity index (χ2n) is 0.602. The molecule has 0 aliphatic carbocycles. The summed E-state index contributed by atoms with van der Waals surface area (Å²) in [4.78, 5) is 18.1. The quantitative estimate of drug-likeness (QED) is 0.179. The molecule has 0 bridgehead atoms. The van der Waals surface area contributed by atoms with Crippen LogP contribution in [0.4, 0.5) is 9.59 Å². The van der Waals surface area contributed by atoms with Crippen molar-refractivity contribution in [3.8, 4) is 0 Å². The standard InChI is InChI=1S/C2H2O5.2Li/c3-1(4)7-2(5)6;;/h(H,3,4)(H,5,6);;/q;2*+1/p-2. The summed E-state index contributed by atoms with van der Waals surface area (Å²) in [6, 6.07) is 0. The number of hydrogen-bond acceptors (Lipinski definition) is 5. The molecule has 0 aromatic rings. The van der Waals surface area contributed by atoms with E-state index in [0.717, 1.165) is 0 Å². The van der Waals surface area contributed by atoms with Gasteiger partial charge < -0.3 is 24.5 Å². The summed E-state index contributed by atoms with van der Waals surface area (Å²) >= 11 is 0. The van der Waals surface area contributed by atoms with Crippen LogP contribution in [0.2, 0.25) is 0 Å². The number of carbonyl (C=O) groups excluding carboxylic acids is 2. The zero-order chi connectivity index (χ0) is 5.86. The predicted octanol–water partition coefficient (Wildman–Crippen LogP) is -8.30. The van der Waals surface area contributed by atoms with Crippen LogP contribution >= 0.6 is 0 Å². The van der Waals surface area contributed by atoms with Crippen molar-refractivity contribution in [2.24, 2.45) is 0 Å². The van der Waals surface area contributed by atoms with Gasteiger partial charge in [-0.05, 0) is 0 Å². The van der Waals surface area contributed by atoms with E-state index < -0.39 is 12.3 Å². The van der Waals surface area contributed by atoms with Crippen molar-refractivity contribution in [2.75, 3.05) is 0 Å². The summed E-state index contributed by atoms with van der Waals surface area (Å²) in [5.74, 6) is 0. The molecule has 0 radical (unpaired) electrons. The molecule has 0 rings (SSSR count). The Bertz CT molecular complexity index is 89.1. The molecule has 0 N–H and O–H groups in total. The Balaban J connectivity index is -0.000000180. The van der Waals surface area contributed by atoms with Crippen molar-refractivity contribution in [1.82, 2.24) is 0 Å². The summed E-state index contributed by atoms with van der Waals surface area (Å²) in [5, 5.41) is 18.1. The van der Waals surface area contributed by atoms with Crippen LogP contribution in [-0.4, -0.2) is 12.3 Å². The Morgan fingerprint density at radius 3 is 1.22 bits per heavy atom. The summed E-state index contributed by atoms with van der Waals surface area (Å²) in [7, 11) is 0. The largest absolute Gasteiger partial charge is 1.00 e. The first kappa shape index (κ1) is 16.0. The van der Waals surface area contributed by atoms with Gasteiger partial charge in [0.15, 0.2) is 0 Å². The van der Waals surface area contributed by atoms with E-state index in [9.17, 15) is 0 Å². The van der Waals surface area contributed by atoms with Gasteiger partial charge in [-0.1, -0.05) is 0 Å².